The molecule has 0 atom stereocenters. The molecular formula is C71H49N7OPt-2. The van der Waals surface area contributed by atoms with Crippen molar-refractivity contribution in [2.75, 3.05) is 0 Å². The molecular weight excluding hydrogens is 1160 g/mol. The Labute approximate surface area is 479 Å². The van der Waals surface area contributed by atoms with Gasteiger partial charge in [0.1, 0.15) is 5.82 Å². The van der Waals surface area contributed by atoms with Gasteiger partial charge in [-0.25, -0.2) is 4.98 Å². The number of ether oxygens (including phenoxy) is 1. The van der Waals surface area contributed by atoms with Crippen LogP contribution in [0.4, 0.5) is 0 Å². The molecule has 9 heteroatoms. The van der Waals surface area contributed by atoms with Crippen LogP contribution in [0.25, 0.3) is 127 Å². The molecule has 6 aromatic heterocycles. The van der Waals surface area contributed by atoms with Gasteiger partial charge in [0, 0.05) is 93.7 Å². The summed E-state index contributed by atoms with van der Waals surface area (Å²) in [6.45, 7) is 3.97. The first-order chi connectivity index (χ1) is 39.9. The van der Waals surface area contributed by atoms with Gasteiger partial charge in [-0.15, -0.1) is 29.7 Å². The van der Waals surface area contributed by atoms with Crippen molar-refractivity contribution in [2.24, 2.45) is 6.98 Å². The topological polar surface area (TPSA) is 50.6 Å². The van der Waals surface area contributed by atoms with Crippen LogP contribution in [0.3, 0.4) is 0 Å². The smallest absolute Gasteiger partial charge is 0.242 e. The third kappa shape index (κ3) is 7.18. The summed E-state index contributed by atoms with van der Waals surface area (Å²) in [5.74, 6) is 1.71. The summed E-state index contributed by atoms with van der Waals surface area (Å²) in [6.07, 6.45) is 5.18. The average Bonchev–Trinajstić information content (AvgIpc) is 2.57. The van der Waals surface area contributed by atoms with Gasteiger partial charge in [0.05, 0.1) is 55.2 Å². The number of hydrogen-bond donors (Lipinski definition) is 0. The Kier molecular flexibility index (Phi) is 10.0. The molecule has 0 aliphatic rings. The van der Waals surface area contributed by atoms with E-state index in [4.69, 9.17) is 13.8 Å². The maximum Gasteiger partial charge on any atom is 0.242 e. The van der Waals surface area contributed by atoms with E-state index in [2.05, 4.69) is 221 Å². The summed E-state index contributed by atoms with van der Waals surface area (Å²) >= 11 is 0. The number of nitrogens with zero attached hydrogens (tertiary/aromatic N) is 7. The van der Waals surface area contributed by atoms with Gasteiger partial charge < -0.3 is 32.1 Å². The zero-order valence-corrected chi connectivity index (χ0v) is 46.0. The van der Waals surface area contributed by atoms with E-state index in [1.54, 1.807) is 4.57 Å². The maximum absolute atomic E-state index is 9.15. The SMILES string of the molecule is [2H]C([2H])([2H])[n+]1[c-]n(-c2[c-]c(Oc3[c-]c4c(cc3)c3ccccc3n4-c3cc(C(C)(C)C)ccn3)ccc2)c2cccc(-n3c4cc(-n5c6ccccc6c6ccccc65)ccc4c4ccc(-n5c6ccccc6c6ccccc65)cc43)c21.[Pt]. The van der Waals surface area contributed by atoms with E-state index in [9.17, 15) is 0 Å². The number of pyridine rings is 1. The van der Waals surface area contributed by atoms with Crippen LogP contribution < -0.4 is 9.30 Å². The van der Waals surface area contributed by atoms with E-state index in [-0.39, 0.29) is 26.5 Å². The summed E-state index contributed by atoms with van der Waals surface area (Å²) in [4.78, 5) is 4.86. The summed E-state index contributed by atoms with van der Waals surface area (Å²) in [5, 5.41) is 8.83. The zero-order chi connectivity index (χ0) is 55.2. The number of para-hydroxylation sites is 6. The normalized spacial score (nSPS) is 12.9. The number of rotatable bonds is 7. The van der Waals surface area contributed by atoms with Crippen molar-refractivity contribution in [2.45, 2.75) is 26.2 Å². The largest absolute Gasteiger partial charge is 0.510 e. The molecule has 16 aromatic rings. The van der Waals surface area contributed by atoms with Crippen molar-refractivity contribution < 1.29 is 34.5 Å². The van der Waals surface area contributed by atoms with Gasteiger partial charge in [-0.3, -0.25) is 0 Å². The first-order valence-corrected chi connectivity index (χ1v) is 26.6. The first kappa shape index (κ1) is 44.5. The Hall–Kier alpha value is -9.49. The van der Waals surface area contributed by atoms with Crippen LogP contribution in [0.15, 0.2) is 225 Å². The fourth-order valence-electron chi connectivity index (χ4n) is 12.4. The van der Waals surface area contributed by atoms with Crippen molar-refractivity contribution in [3.8, 4) is 40.1 Å². The van der Waals surface area contributed by atoms with E-state index < -0.39 is 6.98 Å². The molecule has 0 fully saturated rings. The molecule has 0 saturated carbocycles. The second-order valence-corrected chi connectivity index (χ2v) is 21.5. The fourth-order valence-corrected chi connectivity index (χ4v) is 12.4. The van der Waals surface area contributed by atoms with Gasteiger partial charge in [0.25, 0.3) is 0 Å². The molecule has 386 valence electrons. The Bertz CT molecular complexity index is 5040. The molecule has 8 nitrogen and oxygen atoms in total. The molecule has 0 spiro atoms. The van der Waals surface area contributed by atoms with E-state index in [1.165, 1.54) is 31.7 Å². The van der Waals surface area contributed by atoms with Crippen LogP contribution in [0.5, 0.6) is 11.5 Å². The maximum atomic E-state index is 9.15. The van der Waals surface area contributed by atoms with Crippen molar-refractivity contribution in [3.05, 3.63) is 249 Å². The number of aromatic nitrogens is 7. The quantitative estimate of drug-likeness (QED) is 0.118. The molecule has 0 N–H and O–H groups in total. The van der Waals surface area contributed by atoms with Crippen molar-refractivity contribution in [1.29, 1.82) is 0 Å². The Morgan fingerprint density at radius 2 is 0.938 bits per heavy atom. The Balaban J connectivity index is 0.00000588. The van der Waals surface area contributed by atoms with Crippen LogP contribution in [0.2, 0.25) is 0 Å². The molecule has 0 radical (unpaired) electrons. The van der Waals surface area contributed by atoms with E-state index in [1.807, 2.05) is 60.8 Å². The number of aryl methyl sites for hydroxylation is 1. The molecule has 0 saturated heterocycles. The van der Waals surface area contributed by atoms with Crippen LogP contribution in [0.1, 0.15) is 30.4 Å². The zero-order valence-electron chi connectivity index (χ0n) is 46.7. The summed E-state index contributed by atoms with van der Waals surface area (Å²) < 4.78 is 46.2. The van der Waals surface area contributed by atoms with Crippen LogP contribution in [-0.2, 0) is 33.5 Å². The Morgan fingerprint density at radius 3 is 1.50 bits per heavy atom. The van der Waals surface area contributed by atoms with Crippen molar-refractivity contribution in [3.63, 3.8) is 0 Å². The third-order valence-corrected chi connectivity index (χ3v) is 15.9. The predicted molar refractivity (Wildman–Crippen MR) is 321 cm³/mol. The monoisotopic (exact) mass is 1210 g/mol. The number of fused-ring (bicyclic) bond motifs is 13. The van der Waals surface area contributed by atoms with Crippen LogP contribution in [0, 0.1) is 18.5 Å². The minimum Gasteiger partial charge on any atom is -0.510 e. The standard InChI is InChI=1S/C71H49N7O.Pt/c1-71(2,3)45-37-38-72-69(39-45)78-63-28-14-9-23-55(63)58-36-33-50(43-68(58)78)79-49-18-15-17-46(40-49)74-44-73(4)70-64(74)29-16-30-65(70)77-66-41-47(75-59-24-10-5-19-51(59)52-20-6-11-25-60(52)75)31-34-56(66)57-35-32-48(42-67(57)77)76-61-26-12-7-21-53(61)54-22-8-13-27-62(54)76;/h5-39,41-42H,1-4H3;/q-2;/i4D3;. The molecule has 10 aromatic carbocycles. The Morgan fingerprint density at radius 1 is 0.450 bits per heavy atom. The number of benzene rings is 10. The van der Waals surface area contributed by atoms with Crippen molar-refractivity contribution in [1.82, 2.24) is 27.8 Å². The molecule has 0 bridgehead atoms. The second-order valence-electron chi connectivity index (χ2n) is 21.5. The fraction of sp³-hybridized carbons (Fsp3) is 0.0704. The van der Waals surface area contributed by atoms with E-state index in [0.717, 1.165) is 82.9 Å². The van der Waals surface area contributed by atoms with Gasteiger partial charge in [0.15, 0.2) is 0 Å². The third-order valence-electron chi connectivity index (χ3n) is 15.9. The minimum absolute atomic E-state index is 0. The molecule has 0 aliphatic heterocycles. The molecule has 0 aliphatic carbocycles. The number of imidazole rings is 1. The summed E-state index contributed by atoms with van der Waals surface area (Å²) in [7, 11) is 0. The molecule has 0 amide bonds. The summed E-state index contributed by atoms with van der Waals surface area (Å²) in [5.41, 5.74) is 13.4. The van der Waals surface area contributed by atoms with E-state index in [0.29, 0.717) is 33.9 Å². The van der Waals surface area contributed by atoms with Gasteiger partial charge >= 0.3 is 0 Å². The van der Waals surface area contributed by atoms with Gasteiger partial charge in [-0.05, 0) is 89.2 Å². The summed E-state index contributed by atoms with van der Waals surface area (Å²) in [6, 6.07) is 82.6. The van der Waals surface area contributed by atoms with Gasteiger partial charge in [0.2, 0.25) is 6.33 Å². The van der Waals surface area contributed by atoms with Gasteiger partial charge in [-0.1, -0.05) is 147 Å². The average molecular weight is 1210 g/mol. The van der Waals surface area contributed by atoms with E-state index >= 15 is 0 Å². The van der Waals surface area contributed by atoms with Crippen LogP contribution in [-0.4, -0.2) is 27.8 Å². The second kappa shape index (κ2) is 18.0. The number of hydrogen-bond acceptors (Lipinski definition) is 2. The molecule has 0 unspecified atom stereocenters. The molecule has 80 heavy (non-hydrogen) atoms. The minimum atomic E-state index is -2.64. The molecule has 6 heterocycles. The predicted octanol–water partition coefficient (Wildman–Crippen LogP) is 16.7. The van der Waals surface area contributed by atoms with Crippen LogP contribution >= 0.6 is 0 Å². The van der Waals surface area contributed by atoms with Gasteiger partial charge in [-0.2, -0.15) is 18.2 Å². The first-order valence-electron chi connectivity index (χ1n) is 28.1. The molecule has 16 rings (SSSR count). The van der Waals surface area contributed by atoms with Crippen molar-refractivity contribution >= 4 is 98.3 Å².